The normalized spacial score (nSPS) is 16.0. The number of hydrogen-bond donors (Lipinski definition) is 0. The predicted octanol–water partition coefficient (Wildman–Crippen LogP) is 4.41. The van der Waals surface area contributed by atoms with Crippen LogP contribution in [-0.4, -0.2) is 24.5 Å². The number of ether oxygens (including phenoxy) is 1. The number of carbonyl (C=O) groups is 1. The Morgan fingerprint density at radius 3 is 2.59 bits per heavy atom. The van der Waals surface area contributed by atoms with Crippen LogP contribution in [0.25, 0.3) is 11.0 Å². The molecule has 0 saturated carbocycles. The Balaban J connectivity index is 1.85. The maximum Gasteiger partial charge on any atom is 0.290 e. The van der Waals surface area contributed by atoms with Gasteiger partial charge in [0.1, 0.15) is 11.3 Å². The molecule has 0 radical (unpaired) electrons. The van der Waals surface area contributed by atoms with Crippen LogP contribution in [0.1, 0.15) is 41.1 Å². The molecule has 0 bridgehead atoms. The predicted molar refractivity (Wildman–Crippen MR) is 104 cm³/mol. The van der Waals surface area contributed by atoms with Crippen molar-refractivity contribution in [2.45, 2.75) is 19.4 Å². The summed E-state index contributed by atoms with van der Waals surface area (Å²) in [5.74, 6) is 0.536. The van der Waals surface area contributed by atoms with Gasteiger partial charge in [0.15, 0.2) is 5.43 Å². The van der Waals surface area contributed by atoms with E-state index in [0.717, 1.165) is 17.7 Å². The zero-order chi connectivity index (χ0) is 19.1. The minimum atomic E-state index is -0.507. The van der Waals surface area contributed by atoms with E-state index in [9.17, 15) is 9.59 Å². The second-order valence-corrected chi connectivity index (χ2v) is 6.99. The molecule has 3 aromatic rings. The third kappa shape index (κ3) is 2.88. The minimum Gasteiger partial charge on any atom is -0.494 e. The van der Waals surface area contributed by atoms with Crippen LogP contribution in [0.4, 0.5) is 0 Å². The lowest BCUT2D eigenvalue weighted by atomic mass is 9.98. The Labute approximate surface area is 161 Å². The molecule has 1 aliphatic heterocycles. The molecule has 27 heavy (non-hydrogen) atoms. The van der Waals surface area contributed by atoms with Crippen LogP contribution in [0.15, 0.2) is 51.7 Å². The maximum atomic E-state index is 13.1. The second-order valence-electron chi connectivity index (χ2n) is 6.55. The largest absolute Gasteiger partial charge is 0.494 e. The fraction of sp³-hybridized carbons (Fsp3) is 0.238. The van der Waals surface area contributed by atoms with Crippen molar-refractivity contribution in [1.82, 2.24) is 4.90 Å². The standard InChI is InChI=1S/C21H18ClNO4/c1-3-10-26-14-7-4-12(5-8-14)18-17-19(24)15-11-13(22)6-9-16(15)27-20(17)21(25)23(18)2/h4-9,11,18H,3,10H2,1-2H3. The van der Waals surface area contributed by atoms with Crippen LogP contribution in [0.2, 0.25) is 5.02 Å². The summed E-state index contributed by atoms with van der Waals surface area (Å²) in [5, 5.41) is 0.818. The van der Waals surface area contributed by atoms with E-state index < -0.39 is 6.04 Å². The number of benzene rings is 2. The van der Waals surface area contributed by atoms with Gasteiger partial charge in [-0.15, -0.1) is 0 Å². The van der Waals surface area contributed by atoms with Crippen molar-refractivity contribution < 1.29 is 13.9 Å². The van der Waals surface area contributed by atoms with Gasteiger partial charge in [0.2, 0.25) is 5.76 Å². The second kappa shape index (κ2) is 6.74. The first-order chi connectivity index (χ1) is 13.0. The van der Waals surface area contributed by atoms with E-state index >= 15 is 0 Å². The first kappa shape index (κ1) is 17.6. The molecule has 6 heteroatoms. The van der Waals surface area contributed by atoms with Crippen molar-refractivity contribution in [2.75, 3.05) is 13.7 Å². The van der Waals surface area contributed by atoms with E-state index in [-0.39, 0.29) is 17.1 Å². The monoisotopic (exact) mass is 383 g/mol. The quantitative estimate of drug-likeness (QED) is 0.669. The van der Waals surface area contributed by atoms with Crippen LogP contribution < -0.4 is 10.2 Å². The third-order valence-electron chi connectivity index (χ3n) is 4.73. The lowest BCUT2D eigenvalue weighted by molar-refractivity contribution is 0.0771. The molecule has 1 atom stereocenters. The van der Waals surface area contributed by atoms with E-state index in [4.69, 9.17) is 20.8 Å². The Kier molecular flexibility index (Phi) is 4.40. The van der Waals surface area contributed by atoms with Gasteiger partial charge in [0.25, 0.3) is 5.91 Å². The average Bonchev–Trinajstić information content (AvgIpc) is 2.93. The summed E-state index contributed by atoms with van der Waals surface area (Å²) >= 11 is 6.04. The van der Waals surface area contributed by atoms with Gasteiger partial charge < -0.3 is 14.1 Å². The number of nitrogens with zero attached hydrogens (tertiary/aromatic N) is 1. The van der Waals surface area contributed by atoms with Gasteiger partial charge in [-0.25, -0.2) is 0 Å². The van der Waals surface area contributed by atoms with Crippen LogP contribution in [0.3, 0.4) is 0 Å². The smallest absolute Gasteiger partial charge is 0.290 e. The van der Waals surface area contributed by atoms with Crippen LogP contribution >= 0.6 is 11.6 Å². The summed E-state index contributed by atoms with van der Waals surface area (Å²) in [4.78, 5) is 27.4. The number of hydrogen-bond acceptors (Lipinski definition) is 4. The van der Waals surface area contributed by atoms with Crippen molar-refractivity contribution in [3.05, 3.63) is 74.6 Å². The molecule has 0 N–H and O–H groups in total. The molecule has 5 nitrogen and oxygen atoms in total. The highest BCUT2D eigenvalue weighted by molar-refractivity contribution is 6.31. The topological polar surface area (TPSA) is 59.8 Å². The fourth-order valence-electron chi connectivity index (χ4n) is 3.42. The zero-order valence-electron chi connectivity index (χ0n) is 15.0. The molecule has 0 aliphatic carbocycles. The molecule has 0 saturated heterocycles. The molecular weight excluding hydrogens is 366 g/mol. The number of amides is 1. The van der Waals surface area contributed by atoms with Gasteiger partial charge in [0.05, 0.1) is 23.6 Å². The first-order valence-corrected chi connectivity index (χ1v) is 9.15. The molecule has 1 aliphatic rings. The molecule has 1 unspecified atom stereocenters. The SMILES string of the molecule is CCCOc1ccc(C2c3c(oc4ccc(Cl)cc4c3=O)C(=O)N2C)cc1. The van der Waals surface area contributed by atoms with Crippen molar-refractivity contribution in [3.8, 4) is 5.75 Å². The van der Waals surface area contributed by atoms with Gasteiger partial charge in [-0.3, -0.25) is 9.59 Å². The van der Waals surface area contributed by atoms with Gasteiger partial charge in [-0.05, 0) is 42.3 Å². The molecule has 2 aromatic carbocycles. The van der Waals surface area contributed by atoms with Gasteiger partial charge in [-0.2, -0.15) is 0 Å². The summed E-state index contributed by atoms with van der Waals surface area (Å²) < 4.78 is 11.4. The summed E-state index contributed by atoms with van der Waals surface area (Å²) in [6.07, 6.45) is 0.922. The first-order valence-electron chi connectivity index (χ1n) is 8.77. The van der Waals surface area contributed by atoms with Gasteiger partial charge in [-0.1, -0.05) is 30.7 Å². The number of carbonyl (C=O) groups excluding carboxylic acids is 1. The highest BCUT2D eigenvalue weighted by Gasteiger charge is 2.40. The number of halogens is 1. The Morgan fingerprint density at radius 1 is 1.15 bits per heavy atom. The van der Waals surface area contributed by atoms with Crippen molar-refractivity contribution >= 4 is 28.5 Å². The lowest BCUT2D eigenvalue weighted by Crippen LogP contribution is -2.25. The molecule has 0 spiro atoms. The molecule has 0 fully saturated rings. The minimum absolute atomic E-state index is 0.0913. The van der Waals surface area contributed by atoms with Gasteiger partial charge in [0, 0.05) is 12.1 Å². The maximum absolute atomic E-state index is 13.1. The molecular formula is C21H18ClNO4. The summed E-state index contributed by atoms with van der Waals surface area (Å²) in [6.45, 7) is 2.68. The van der Waals surface area contributed by atoms with E-state index in [0.29, 0.717) is 28.2 Å². The molecule has 4 rings (SSSR count). The molecule has 2 heterocycles. The Bertz CT molecular complexity index is 1090. The van der Waals surface area contributed by atoms with Crippen LogP contribution in [0, 0.1) is 0 Å². The summed E-state index contributed by atoms with van der Waals surface area (Å²) in [7, 11) is 1.67. The van der Waals surface area contributed by atoms with Crippen molar-refractivity contribution in [3.63, 3.8) is 0 Å². The van der Waals surface area contributed by atoms with E-state index in [1.807, 2.05) is 31.2 Å². The third-order valence-corrected chi connectivity index (χ3v) is 4.97. The van der Waals surface area contributed by atoms with E-state index in [2.05, 4.69) is 0 Å². The number of rotatable bonds is 4. The molecule has 1 amide bonds. The lowest BCUT2D eigenvalue weighted by Gasteiger charge is -2.20. The zero-order valence-corrected chi connectivity index (χ0v) is 15.7. The van der Waals surface area contributed by atoms with Crippen molar-refractivity contribution in [2.24, 2.45) is 0 Å². The average molecular weight is 384 g/mol. The summed E-state index contributed by atoms with van der Waals surface area (Å²) in [6, 6.07) is 11.8. The molecule has 138 valence electrons. The Morgan fingerprint density at radius 2 is 1.89 bits per heavy atom. The highest BCUT2D eigenvalue weighted by Crippen LogP contribution is 2.37. The summed E-state index contributed by atoms with van der Waals surface area (Å²) in [5.41, 5.74) is 1.29. The Hall–Kier alpha value is -2.79. The van der Waals surface area contributed by atoms with Crippen LogP contribution in [-0.2, 0) is 0 Å². The highest BCUT2D eigenvalue weighted by atomic mass is 35.5. The van der Waals surface area contributed by atoms with Crippen molar-refractivity contribution in [1.29, 1.82) is 0 Å². The van der Waals surface area contributed by atoms with Gasteiger partial charge >= 0.3 is 0 Å². The molecule has 1 aromatic heterocycles. The number of fused-ring (bicyclic) bond motifs is 2. The van der Waals surface area contributed by atoms with E-state index in [1.54, 1.807) is 25.2 Å². The fourth-order valence-corrected chi connectivity index (χ4v) is 3.59. The van der Waals surface area contributed by atoms with E-state index in [1.165, 1.54) is 4.90 Å². The van der Waals surface area contributed by atoms with Crippen LogP contribution in [0.5, 0.6) is 5.75 Å².